The van der Waals surface area contributed by atoms with Crippen LogP contribution in [0.15, 0.2) is 48.5 Å². The van der Waals surface area contributed by atoms with Gasteiger partial charge >= 0.3 is 17.8 Å². The number of ether oxygens (including phenoxy) is 3. The van der Waals surface area contributed by atoms with Gasteiger partial charge in [-0.1, -0.05) is 24.3 Å². The van der Waals surface area contributed by atoms with Crippen LogP contribution in [0.25, 0.3) is 0 Å². The number of benzene rings is 3. The molecule has 13 heteroatoms. The molecular weight excluding hydrogens is 575 g/mol. The zero-order valence-corrected chi connectivity index (χ0v) is 21.7. The van der Waals surface area contributed by atoms with E-state index < -0.39 is 76.8 Å². The maximum absolute atomic E-state index is 14.2. The summed E-state index contributed by atoms with van der Waals surface area (Å²) in [6.45, 7) is 0.146. The Labute approximate surface area is 234 Å². The van der Waals surface area contributed by atoms with E-state index in [9.17, 15) is 40.3 Å². The largest absolute Gasteiger partial charge is 0.484 e. The first-order chi connectivity index (χ1) is 20.0. The van der Waals surface area contributed by atoms with Crippen LogP contribution in [0.3, 0.4) is 0 Å². The van der Waals surface area contributed by atoms with Gasteiger partial charge in [-0.15, -0.1) is 0 Å². The number of carbonyl (C=O) groups is 2. The van der Waals surface area contributed by atoms with Gasteiger partial charge in [-0.25, -0.2) is 36.4 Å². The van der Waals surface area contributed by atoms with Crippen LogP contribution in [0.5, 0.6) is 5.75 Å². The highest BCUT2D eigenvalue weighted by molar-refractivity contribution is 6.31. The average molecular weight is 597 g/mol. The van der Waals surface area contributed by atoms with Gasteiger partial charge in [0.15, 0.2) is 5.75 Å². The van der Waals surface area contributed by atoms with Crippen LogP contribution in [0.4, 0.5) is 30.7 Å². The summed E-state index contributed by atoms with van der Waals surface area (Å²) in [5.74, 6) is -18.4. The Morgan fingerprint density at radius 3 is 1.74 bits per heavy atom. The van der Waals surface area contributed by atoms with Crippen LogP contribution >= 0.6 is 0 Å². The third kappa shape index (κ3) is 5.65. The molecule has 3 aromatic rings. The number of rotatable bonds is 8. The molecule has 0 radical (unpaired) electrons. The Morgan fingerprint density at radius 1 is 0.762 bits per heavy atom. The number of halogens is 7. The van der Waals surface area contributed by atoms with Gasteiger partial charge in [0, 0.05) is 19.0 Å². The lowest BCUT2D eigenvalue weighted by molar-refractivity contribution is -0.274. The van der Waals surface area contributed by atoms with E-state index >= 15 is 0 Å². The monoisotopic (exact) mass is 597 g/mol. The first kappa shape index (κ1) is 29.4. The Balaban J connectivity index is 1.33. The molecule has 2 saturated heterocycles. The third-order valence-electron chi connectivity index (χ3n) is 7.28. The summed E-state index contributed by atoms with van der Waals surface area (Å²) in [7, 11) is 0. The first-order valence-corrected chi connectivity index (χ1v) is 12.9. The molecule has 0 saturated carbocycles. The summed E-state index contributed by atoms with van der Waals surface area (Å²) < 4.78 is 112. The van der Waals surface area contributed by atoms with Gasteiger partial charge in [0.2, 0.25) is 29.1 Å². The van der Waals surface area contributed by atoms with Crippen LogP contribution in [0, 0.1) is 40.7 Å². The van der Waals surface area contributed by atoms with Gasteiger partial charge in [-0.3, -0.25) is 0 Å². The quantitative estimate of drug-likeness (QED) is 0.106. The fourth-order valence-electron chi connectivity index (χ4n) is 5.24. The summed E-state index contributed by atoms with van der Waals surface area (Å²) in [4.78, 5) is 25.5. The molecule has 5 rings (SSSR count). The predicted octanol–water partition coefficient (Wildman–Crippen LogP) is 5.87. The van der Waals surface area contributed by atoms with Crippen molar-refractivity contribution in [3.63, 3.8) is 0 Å². The van der Waals surface area contributed by atoms with Crippen molar-refractivity contribution in [1.29, 1.82) is 0 Å². The topological polar surface area (TPSA) is 65.1 Å². The van der Waals surface area contributed by atoms with E-state index in [2.05, 4.69) is 0 Å². The number of esters is 2. The molecule has 222 valence electrons. The van der Waals surface area contributed by atoms with Gasteiger partial charge in [0.25, 0.3) is 0 Å². The van der Waals surface area contributed by atoms with Crippen molar-refractivity contribution in [1.82, 2.24) is 4.90 Å². The number of hydrogen-bond acceptors (Lipinski definition) is 6. The standard InChI is InChI=1S/C29H22F7NO5/c30-17-7-3-15(4-8-17)20(16-5-9-18(31)10-6-16)2-1-12-37-13-11-19(14-29(37)41-27(38)28(39)42-29)40-26-24(35)22(33)21(32)23(34)25(26)36/h3-10,19-20H,1-2,11-14H2. The van der Waals surface area contributed by atoms with Gasteiger partial charge in [-0.2, -0.15) is 8.78 Å². The molecule has 0 aliphatic carbocycles. The second-order valence-corrected chi connectivity index (χ2v) is 9.91. The molecule has 2 heterocycles. The van der Waals surface area contributed by atoms with Crippen molar-refractivity contribution in [2.45, 2.75) is 43.6 Å². The lowest BCUT2D eigenvalue weighted by atomic mass is 9.87. The minimum atomic E-state index is -2.35. The highest BCUT2D eigenvalue weighted by atomic mass is 19.2. The summed E-state index contributed by atoms with van der Waals surface area (Å²) in [5.41, 5.74) is 1.51. The van der Waals surface area contributed by atoms with Crippen molar-refractivity contribution in [2.24, 2.45) is 0 Å². The summed E-state index contributed by atoms with van der Waals surface area (Å²) in [6.07, 6.45) is -0.936. The zero-order chi connectivity index (χ0) is 30.2. The molecule has 0 bridgehead atoms. The molecular formula is C29H22F7NO5. The highest BCUT2D eigenvalue weighted by Crippen LogP contribution is 2.39. The number of carbonyl (C=O) groups excluding carboxylic acids is 2. The van der Waals surface area contributed by atoms with E-state index in [0.717, 1.165) is 11.1 Å². The Bertz CT molecular complexity index is 1410. The van der Waals surface area contributed by atoms with E-state index in [1.807, 2.05) is 0 Å². The summed E-state index contributed by atoms with van der Waals surface area (Å²) >= 11 is 0. The maximum Gasteiger partial charge on any atom is 0.421 e. The molecule has 0 N–H and O–H groups in total. The Kier molecular flexibility index (Phi) is 8.13. The normalized spacial score (nSPS) is 18.4. The van der Waals surface area contributed by atoms with Crippen LogP contribution in [0.2, 0.25) is 0 Å². The number of piperidine rings is 1. The van der Waals surface area contributed by atoms with Gasteiger partial charge in [0.1, 0.15) is 17.7 Å². The molecule has 1 unspecified atom stereocenters. The molecule has 6 nitrogen and oxygen atoms in total. The minimum Gasteiger partial charge on any atom is -0.484 e. The number of nitrogens with zero attached hydrogens (tertiary/aromatic N) is 1. The minimum absolute atomic E-state index is 0.0155. The molecule has 2 fully saturated rings. The van der Waals surface area contributed by atoms with Crippen LogP contribution < -0.4 is 4.74 Å². The SMILES string of the molecule is O=C1OC2(CC(Oc3c(F)c(F)c(F)c(F)c3F)CCN2CCCC(c2ccc(F)cc2)c2ccc(F)cc2)OC1=O. The van der Waals surface area contributed by atoms with Crippen LogP contribution in [0.1, 0.15) is 42.7 Å². The van der Waals surface area contributed by atoms with E-state index in [0.29, 0.717) is 12.8 Å². The molecule has 3 aromatic carbocycles. The average Bonchev–Trinajstić information content (AvgIpc) is 3.26. The lowest BCUT2D eigenvalue weighted by Crippen LogP contribution is -2.57. The molecule has 2 aliphatic rings. The van der Waals surface area contributed by atoms with Crippen LogP contribution in [-0.4, -0.2) is 41.9 Å². The van der Waals surface area contributed by atoms with Crippen molar-refractivity contribution in [3.05, 3.63) is 100 Å². The van der Waals surface area contributed by atoms with Gasteiger partial charge < -0.3 is 14.2 Å². The third-order valence-corrected chi connectivity index (χ3v) is 7.28. The van der Waals surface area contributed by atoms with E-state index in [-0.39, 0.29) is 25.4 Å². The molecule has 0 aromatic heterocycles. The van der Waals surface area contributed by atoms with Crippen molar-refractivity contribution in [2.75, 3.05) is 13.1 Å². The second kappa shape index (κ2) is 11.6. The van der Waals surface area contributed by atoms with Gasteiger partial charge in [-0.05, 0) is 54.7 Å². The Hall–Kier alpha value is -4.13. The molecule has 1 atom stereocenters. The molecule has 42 heavy (non-hydrogen) atoms. The Morgan fingerprint density at radius 2 is 1.24 bits per heavy atom. The smallest absolute Gasteiger partial charge is 0.421 e. The second-order valence-electron chi connectivity index (χ2n) is 9.91. The van der Waals surface area contributed by atoms with Crippen molar-refractivity contribution >= 4 is 11.9 Å². The molecule has 2 aliphatic heterocycles. The predicted molar refractivity (Wildman–Crippen MR) is 130 cm³/mol. The summed E-state index contributed by atoms with van der Waals surface area (Å²) in [5, 5.41) is 0. The number of likely N-dealkylation sites (tertiary alicyclic amines) is 1. The fourth-order valence-corrected chi connectivity index (χ4v) is 5.24. The van der Waals surface area contributed by atoms with E-state index in [1.54, 1.807) is 24.3 Å². The van der Waals surface area contributed by atoms with Crippen molar-refractivity contribution in [3.8, 4) is 5.75 Å². The van der Waals surface area contributed by atoms with E-state index in [4.69, 9.17) is 14.2 Å². The van der Waals surface area contributed by atoms with Crippen molar-refractivity contribution < 1.29 is 54.5 Å². The highest BCUT2D eigenvalue weighted by Gasteiger charge is 2.56. The summed E-state index contributed by atoms with van der Waals surface area (Å²) in [6, 6.07) is 11.6. The number of hydrogen-bond donors (Lipinski definition) is 0. The molecule has 1 spiro atoms. The molecule has 0 amide bonds. The van der Waals surface area contributed by atoms with Crippen LogP contribution in [-0.2, 0) is 19.1 Å². The lowest BCUT2D eigenvalue weighted by Gasteiger charge is -2.43. The zero-order valence-electron chi connectivity index (χ0n) is 21.7. The van der Waals surface area contributed by atoms with Gasteiger partial charge in [0.05, 0.1) is 6.42 Å². The van der Waals surface area contributed by atoms with E-state index in [1.165, 1.54) is 29.2 Å². The first-order valence-electron chi connectivity index (χ1n) is 12.9. The maximum atomic E-state index is 14.2. The fraction of sp³-hybridized carbons (Fsp3) is 0.310.